The van der Waals surface area contributed by atoms with Crippen molar-refractivity contribution in [1.29, 1.82) is 0 Å². The summed E-state index contributed by atoms with van der Waals surface area (Å²) < 4.78 is 0. The summed E-state index contributed by atoms with van der Waals surface area (Å²) in [5, 5.41) is 1.24. The van der Waals surface area contributed by atoms with Crippen molar-refractivity contribution in [2.75, 3.05) is 0 Å². The molecule has 1 atom stereocenters. The van der Waals surface area contributed by atoms with Crippen molar-refractivity contribution in [1.82, 2.24) is 4.98 Å². The molecule has 1 aromatic heterocycles. The Balaban J connectivity index is 2.60. The van der Waals surface area contributed by atoms with Gasteiger partial charge in [0.1, 0.15) is 0 Å². The van der Waals surface area contributed by atoms with Gasteiger partial charge in [0.05, 0.1) is 5.52 Å². The Labute approximate surface area is 77.8 Å². The molecule has 2 rings (SSSR count). The summed E-state index contributed by atoms with van der Waals surface area (Å²) in [5.74, 6) is 0. The normalized spacial score (nSPS) is 13.4. The molecule has 2 heteroatoms. The van der Waals surface area contributed by atoms with Crippen LogP contribution in [0.1, 0.15) is 24.9 Å². The molecule has 0 radical (unpaired) electrons. The molecule has 1 aromatic carbocycles. The second-order valence-corrected chi connectivity index (χ2v) is 3.30. The van der Waals surface area contributed by atoms with E-state index in [1.54, 1.807) is 0 Å². The molecule has 0 saturated heterocycles. The fourth-order valence-corrected chi connectivity index (χ4v) is 1.64. The fraction of sp³-hybridized carbons (Fsp3) is 0.273. The second-order valence-electron chi connectivity index (χ2n) is 3.30. The first-order valence-corrected chi connectivity index (χ1v) is 4.64. The summed E-state index contributed by atoms with van der Waals surface area (Å²) in [5.41, 5.74) is 8.39. The Bertz CT molecular complexity index is 403. The number of aromatic amines is 1. The number of rotatable bonds is 2. The average molecular weight is 174 g/mol. The molecule has 2 nitrogen and oxygen atoms in total. The van der Waals surface area contributed by atoms with E-state index in [1.165, 1.54) is 16.5 Å². The van der Waals surface area contributed by atoms with Gasteiger partial charge in [-0.1, -0.05) is 25.1 Å². The fourth-order valence-electron chi connectivity index (χ4n) is 1.64. The van der Waals surface area contributed by atoms with Crippen molar-refractivity contribution in [3.63, 3.8) is 0 Å². The van der Waals surface area contributed by atoms with Crippen molar-refractivity contribution in [2.45, 2.75) is 19.4 Å². The number of benzene rings is 1. The topological polar surface area (TPSA) is 41.8 Å². The number of hydrogen-bond donors (Lipinski definition) is 2. The predicted octanol–water partition coefficient (Wildman–Crippen LogP) is 2.58. The maximum absolute atomic E-state index is 6.00. The molecule has 0 aliphatic rings. The van der Waals surface area contributed by atoms with E-state index in [0.717, 1.165) is 6.42 Å². The molecule has 0 bridgehead atoms. The van der Waals surface area contributed by atoms with Gasteiger partial charge in [-0.3, -0.25) is 0 Å². The number of H-pyrrole nitrogens is 1. The number of aromatic nitrogens is 1. The van der Waals surface area contributed by atoms with E-state index in [0.29, 0.717) is 0 Å². The van der Waals surface area contributed by atoms with Crippen molar-refractivity contribution in [3.05, 3.63) is 36.0 Å². The molecule has 1 heterocycles. The van der Waals surface area contributed by atoms with Gasteiger partial charge in [-0.2, -0.15) is 0 Å². The van der Waals surface area contributed by atoms with E-state index in [-0.39, 0.29) is 6.04 Å². The van der Waals surface area contributed by atoms with Crippen LogP contribution >= 0.6 is 0 Å². The highest BCUT2D eigenvalue weighted by Crippen LogP contribution is 2.22. The largest absolute Gasteiger partial charge is 0.361 e. The molecular weight excluding hydrogens is 160 g/mol. The first-order valence-electron chi connectivity index (χ1n) is 4.64. The van der Waals surface area contributed by atoms with Gasteiger partial charge < -0.3 is 10.7 Å². The van der Waals surface area contributed by atoms with E-state index in [9.17, 15) is 0 Å². The number of para-hydroxylation sites is 1. The molecular formula is C11H14N2. The number of nitrogens with one attached hydrogen (secondary N) is 1. The summed E-state index contributed by atoms with van der Waals surface area (Å²) >= 11 is 0. The van der Waals surface area contributed by atoms with Crippen LogP contribution in [0.25, 0.3) is 10.9 Å². The lowest BCUT2D eigenvalue weighted by Crippen LogP contribution is -2.08. The van der Waals surface area contributed by atoms with Crippen LogP contribution in [0.5, 0.6) is 0 Å². The van der Waals surface area contributed by atoms with Crippen LogP contribution in [0, 0.1) is 0 Å². The smallest absolute Gasteiger partial charge is 0.0502 e. The molecule has 0 aliphatic carbocycles. The third-order valence-corrected chi connectivity index (χ3v) is 2.46. The molecule has 2 aromatic rings. The second kappa shape index (κ2) is 3.23. The molecule has 1 unspecified atom stereocenters. The van der Waals surface area contributed by atoms with Gasteiger partial charge in [-0.25, -0.2) is 0 Å². The Hall–Kier alpha value is -1.28. The lowest BCUT2D eigenvalue weighted by molar-refractivity contribution is 0.703. The van der Waals surface area contributed by atoms with Gasteiger partial charge >= 0.3 is 0 Å². The molecule has 0 spiro atoms. The minimum Gasteiger partial charge on any atom is -0.361 e. The SMILES string of the molecule is CCC(N)c1cccc2cc[nH]c12. The van der Waals surface area contributed by atoms with E-state index in [1.807, 2.05) is 6.20 Å². The average Bonchev–Trinajstić information content (AvgIpc) is 2.63. The summed E-state index contributed by atoms with van der Waals surface area (Å²) in [6.45, 7) is 2.10. The number of nitrogens with two attached hydrogens (primary N) is 1. The van der Waals surface area contributed by atoms with Crippen LogP contribution in [0.2, 0.25) is 0 Å². The summed E-state index contributed by atoms with van der Waals surface area (Å²) in [4.78, 5) is 3.22. The molecule has 0 saturated carbocycles. The van der Waals surface area contributed by atoms with E-state index in [2.05, 4.69) is 36.2 Å². The molecule has 0 fully saturated rings. The van der Waals surface area contributed by atoms with Gasteiger partial charge in [0.15, 0.2) is 0 Å². The van der Waals surface area contributed by atoms with Crippen molar-refractivity contribution >= 4 is 10.9 Å². The third-order valence-electron chi connectivity index (χ3n) is 2.46. The molecule has 3 N–H and O–H groups in total. The summed E-state index contributed by atoms with van der Waals surface area (Å²) in [7, 11) is 0. The predicted molar refractivity (Wildman–Crippen MR) is 55.5 cm³/mol. The zero-order chi connectivity index (χ0) is 9.26. The molecule has 68 valence electrons. The Kier molecular flexibility index (Phi) is 2.07. The highest BCUT2D eigenvalue weighted by molar-refractivity contribution is 5.82. The quantitative estimate of drug-likeness (QED) is 0.722. The van der Waals surface area contributed by atoms with E-state index in [4.69, 9.17) is 5.73 Å². The van der Waals surface area contributed by atoms with Crippen LogP contribution in [0.3, 0.4) is 0 Å². The minimum atomic E-state index is 0.141. The van der Waals surface area contributed by atoms with Crippen molar-refractivity contribution < 1.29 is 0 Å². The zero-order valence-electron chi connectivity index (χ0n) is 7.75. The van der Waals surface area contributed by atoms with E-state index >= 15 is 0 Å². The maximum Gasteiger partial charge on any atom is 0.0502 e. The van der Waals surface area contributed by atoms with Crippen LogP contribution < -0.4 is 5.73 Å². The lowest BCUT2D eigenvalue weighted by atomic mass is 10.0. The van der Waals surface area contributed by atoms with Crippen LogP contribution in [0.4, 0.5) is 0 Å². The Morgan fingerprint density at radius 1 is 1.38 bits per heavy atom. The van der Waals surface area contributed by atoms with Crippen LogP contribution in [-0.4, -0.2) is 4.98 Å². The first-order chi connectivity index (χ1) is 6.33. The van der Waals surface area contributed by atoms with Gasteiger partial charge in [0.2, 0.25) is 0 Å². The zero-order valence-corrected chi connectivity index (χ0v) is 7.75. The Morgan fingerprint density at radius 2 is 2.23 bits per heavy atom. The highest BCUT2D eigenvalue weighted by atomic mass is 14.7. The maximum atomic E-state index is 6.00. The van der Waals surface area contributed by atoms with Gasteiger partial charge in [0.25, 0.3) is 0 Å². The highest BCUT2D eigenvalue weighted by Gasteiger charge is 2.07. The minimum absolute atomic E-state index is 0.141. The van der Waals surface area contributed by atoms with Crippen LogP contribution in [0.15, 0.2) is 30.5 Å². The number of hydrogen-bond acceptors (Lipinski definition) is 1. The van der Waals surface area contributed by atoms with Crippen molar-refractivity contribution in [3.8, 4) is 0 Å². The first kappa shape index (κ1) is 8.32. The Morgan fingerprint density at radius 3 is 3.00 bits per heavy atom. The van der Waals surface area contributed by atoms with Crippen LogP contribution in [-0.2, 0) is 0 Å². The standard InChI is InChI=1S/C11H14N2/c1-2-10(12)9-5-3-4-8-6-7-13-11(8)9/h3-7,10,13H,2,12H2,1H3. The summed E-state index contributed by atoms with van der Waals surface area (Å²) in [6.07, 6.45) is 2.93. The monoisotopic (exact) mass is 174 g/mol. The van der Waals surface area contributed by atoms with E-state index < -0.39 is 0 Å². The van der Waals surface area contributed by atoms with Crippen molar-refractivity contribution in [2.24, 2.45) is 5.73 Å². The molecule has 0 amide bonds. The lowest BCUT2D eigenvalue weighted by Gasteiger charge is -2.09. The number of fused-ring (bicyclic) bond motifs is 1. The molecule has 0 aliphatic heterocycles. The van der Waals surface area contributed by atoms with Gasteiger partial charge in [-0.15, -0.1) is 0 Å². The molecule has 13 heavy (non-hydrogen) atoms. The third kappa shape index (κ3) is 1.33. The van der Waals surface area contributed by atoms with Gasteiger partial charge in [-0.05, 0) is 23.4 Å². The van der Waals surface area contributed by atoms with Gasteiger partial charge in [0, 0.05) is 12.2 Å². The summed E-state index contributed by atoms with van der Waals surface area (Å²) in [6, 6.07) is 8.45.